The van der Waals surface area contributed by atoms with Gasteiger partial charge in [0, 0.05) is 23.3 Å². The SMILES string of the molecule is C[C@H]1C[C@@H](C(=O)Nc2ccc(Cl)c(C(=O)Nc3ccccc3)c2)CCN1. The maximum absolute atomic E-state index is 12.5. The number of hydrogen-bond acceptors (Lipinski definition) is 3. The lowest BCUT2D eigenvalue weighted by Gasteiger charge is -2.27. The highest BCUT2D eigenvalue weighted by molar-refractivity contribution is 6.34. The molecule has 2 atom stereocenters. The number of benzene rings is 2. The smallest absolute Gasteiger partial charge is 0.257 e. The molecule has 3 N–H and O–H groups in total. The normalized spacial score (nSPS) is 19.6. The zero-order valence-corrected chi connectivity index (χ0v) is 15.3. The molecule has 1 heterocycles. The summed E-state index contributed by atoms with van der Waals surface area (Å²) >= 11 is 6.18. The van der Waals surface area contributed by atoms with Gasteiger partial charge in [-0.15, -0.1) is 0 Å². The Morgan fingerprint density at radius 2 is 1.85 bits per heavy atom. The Bertz CT molecular complexity index is 795. The topological polar surface area (TPSA) is 70.2 Å². The number of hydrogen-bond donors (Lipinski definition) is 3. The van der Waals surface area contributed by atoms with Crippen LogP contribution in [-0.4, -0.2) is 24.4 Å². The Morgan fingerprint density at radius 3 is 2.58 bits per heavy atom. The van der Waals surface area contributed by atoms with Crippen LogP contribution in [0.3, 0.4) is 0 Å². The van der Waals surface area contributed by atoms with Gasteiger partial charge >= 0.3 is 0 Å². The number of halogens is 1. The second-order valence-electron chi connectivity index (χ2n) is 6.58. The third-order valence-corrected chi connectivity index (χ3v) is 4.83. The molecule has 1 aliphatic rings. The number of carbonyl (C=O) groups is 2. The van der Waals surface area contributed by atoms with Crippen molar-refractivity contribution in [3.8, 4) is 0 Å². The second-order valence-corrected chi connectivity index (χ2v) is 6.99. The maximum atomic E-state index is 12.5. The first-order valence-electron chi connectivity index (χ1n) is 8.73. The van der Waals surface area contributed by atoms with Gasteiger partial charge in [0.25, 0.3) is 5.91 Å². The van der Waals surface area contributed by atoms with Crippen molar-refractivity contribution in [1.82, 2.24) is 5.32 Å². The van der Waals surface area contributed by atoms with Gasteiger partial charge < -0.3 is 16.0 Å². The van der Waals surface area contributed by atoms with Gasteiger partial charge in [0.1, 0.15) is 0 Å². The molecule has 26 heavy (non-hydrogen) atoms. The molecule has 2 amide bonds. The van der Waals surface area contributed by atoms with Crippen molar-refractivity contribution < 1.29 is 9.59 Å². The van der Waals surface area contributed by atoms with Gasteiger partial charge in [-0.1, -0.05) is 29.8 Å². The fourth-order valence-corrected chi connectivity index (χ4v) is 3.31. The summed E-state index contributed by atoms with van der Waals surface area (Å²) in [6.45, 7) is 2.92. The van der Waals surface area contributed by atoms with Gasteiger partial charge in [-0.3, -0.25) is 9.59 Å². The molecule has 0 bridgehead atoms. The van der Waals surface area contributed by atoms with E-state index in [9.17, 15) is 9.59 Å². The van der Waals surface area contributed by atoms with Crippen LogP contribution in [0.4, 0.5) is 11.4 Å². The largest absolute Gasteiger partial charge is 0.326 e. The number of amides is 2. The summed E-state index contributed by atoms with van der Waals surface area (Å²) in [5.74, 6) is -0.355. The number of nitrogens with one attached hydrogen (secondary N) is 3. The molecular weight excluding hydrogens is 350 g/mol. The highest BCUT2D eigenvalue weighted by Gasteiger charge is 2.25. The van der Waals surface area contributed by atoms with Gasteiger partial charge in [-0.2, -0.15) is 0 Å². The van der Waals surface area contributed by atoms with E-state index < -0.39 is 0 Å². The minimum atomic E-state index is -0.312. The molecule has 0 radical (unpaired) electrons. The average Bonchev–Trinajstić information content (AvgIpc) is 2.64. The summed E-state index contributed by atoms with van der Waals surface area (Å²) in [7, 11) is 0. The molecule has 2 aromatic rings. The monoisotopic (exact) mass is 371 g/mol. The van der Waals surface area contributed by atoms with Crippen LogP contribution in [-0.2, 0) is 4.79 Å². The van der Waals surface area contributed by atoms with Crippen LogP contribution in [0.25, 0.3) is 0 Å². The summed E-state index contributed by atoms with van der Waals surface area (Å²) in [5, 5.41) is 9.39. The molecule has 2 aromatic carbocycles. The van der Waals surface area contributed by atoms with Crippen molar-refractivity contribution in [2.75, 3.05) is 17.2 Å². The molecule has 0 spiro atoms. The first-order valence-corrected chi connectivity index (χ1v) is 9.11. The van der Waals surface area contributed by atoms with Gasteiger partial charge in [0.05, 0.1) is 10.6 Å². The summed E-state index contributed by atoms with van der Waals surface area (Å²) in [5.41, 5.74) is 1.59. The molecule has 1 aliphatic heterocycles. The third kappa shape index (κ3) is 4.62. The average molecular weight is 372 g/mol. The summed E-state index contributed by atoms with van der Waals surface area (Å²) < 4.78 is 0. The van der Waals surface area contributed by atoms with E-state index in [2.05, 4.69) is 22.9 Å². The zero-order chi connectivity index (χ0) is 18.5. The van der Waals surface area contributed by atoms with Gasteiger partial charge in [-0.25, -0.2) is 0 Å². The second kappa shape index (κ2) is 8.34. The highest BCUT2D eigenvalue weighted by atomic mass is 35.5. The van der Waals surface area contributed by atoms with E-state index in [0.717, 1.165) is 19.4 Å². The van der Waals surface area contributed by atoms with Crippen molar-refractivity contribution >= 4 is 34.8 Å². The fraction of sp³-hybridized carbons (Fsp3) is 0.300. The van der Waals surface area contributed by atoms with Gasteiger partial charge in [-0.05, 0) is 56.6 Å². The van der Waals surface area contributed by atoms with Crippen molar-refractivity contribution in [3.05, 3.63) is 59.1 Å². The first-order chi connectivity index (χ1) is 12.5. The third-order valence-electron chi connectivity index (χ3n) is 4.50. The van der Waals surface area contributed by atoms with Crippen LogP contribution in [0.15, 0.2) is 48.5 Å². The summed E-state index contributed by atoms with van der Waals surface area (Å²) in [6, 6.07) is 14.4. The molecule has 6 heteroatoms. The lowest BCUT2D eigenvalue weighted by Crippen LogP contribution is -2.40. The molecular formula is C20H22ClN3O2. The molecule has 5 nitrogen and oxygen atoms in total. The zero-order valence-electron chi connectivity index (χ0n) is 14.6. The molecule has 1 saturated heterocycles. The van der Waals surface area contributed by atoms with Crippen molar-refractivity contribution in [1.29, 1.82) is 0 Å². The van der Waals surface area contributed by atoms with Gasteiger partial charge in [0.2, 0.25) is 5.91 Å². The van der Waals surface area contributed by atoms with Crippen molar-refractivity contribution in [2.45, 2.75) is 25.8 Å². The summed E-state index contributed by atoms with van der Waals surface area (Å²) in [6.07, 6.45) is 1.62. The number of para-hydroxylation sites is 1. The van der Waals surface area contributed by atoms with E-state index in [4.69, 9.17) is 11.6 Å². The fourth-order valence-electron chi connectivity index (χ4n) is 3.11. The Morgan fingerprint density at radius 1 is 1.08 bits per heavy atom. The van der Waals surface area contributed by atoms with E-state index >= 15 is 0 Å². The minimum Gasteiger partial charge on any atom is -0.326 e. The summed E-state index contributed by atoms with van der Waals surface area (Å²) in [4.78, 5) is 25.0. The van der Waals surface area contributed by atoms with Crippen LogP contribution < -0.4 is 16.0 Å². The lowest BCUT2D eigenvalue weighted by molar-refractivity contribution is -0.120. The standard InChI is InChI=1S/C20H22ClN3O2/c1-13-11-14(9-10-22-13)19(25)24-16-7-8-18(21)17(12-16)20(26)23-15-5-3-2-4-6-15/h2-8,12-14,22H,9-11H2,1H3,(H,23,26)(H,24,25)/t13-,14-/m0/s1. The van der Waals surface area contributed by atoms with Crippen LogP contribution >= 0.6 is 11.6 Å². The Hall–Kier alpha value is -2.37. The van der Waals surface area contributed by atoms with Crippen LogP contribution in [0.2, 0.25) is 5.02 Å². The highest BCUT2D eigenvalue weighted by Crippen LogP contribution is 2.24. The molecule has 0 unspecified atom stereocenters. The van der Waals surface area contributed by atoms with Crippen LogP contribution in [0, 0.1) is 5.92 Å². The number of carbonyl (C=O) groups excluding carboxylic acids is 2. The molecule has 1 fully saturated rings. The van der Waals surface area contributed by atoms with Crippen molar-refractivity contribution in [2.24, 2.45) is 5.92 Å². The predicted molar refractivity (Wildman–Crippen MR) is 105 cm³/mol. The first kappa shape index (κ1) is 18.4. The van der Waals surface area contributed by atoms with E-state index in [1.54, 1.807) is 30.3 Å². The van der Waals surface area contributed by atoms with E-state index in [1.165, 1.54) is 0 Å². The molecule has 136 valence electrons. The Balaban J connectivity index is 1.71. The molecule has 0 aromatic heterocycles. The van der Waals surface area contributed by atoms with Crippen molar-refractivity contribution in [3.63, 3.8) is 0 Å². The number of rotatable bonds is 4. The van der Waals surface area contributed by atoms with E-state index in [1.807, 2.05) is 18.2 Å². The minimum absolute atomic E-state index is 0.0184. The van der Waals surface area contributed by atoms with E-state index in [0.29, 0.717) is 28.0 Å². The van der Waals surface area contributed by atoms with Crippen LogP contribution in [0.5, 0.6) is 0 Å². The number of piperidine rings is 1. The maximum Gasteiger partial charge on any atom is 0.257 e. The van der Waals surface area contributed by atoms with E-state index in [-0.39, 0.29) is 17.7 Å². The lowest BCUT2D eigenvalue weighted by atomic mass is 9.92. The van der Waals surface area contributed by atoms with Gasteiger partial charge in [0.15, 0.2) is 0 Å². The Labute approximate surface area is 158 Å². The molecule has 0 saturated carbocycles. The predicted octanol–water partition coefficient (Wildman–Crippen LogP) is 3.92. The molecule has 3 rings (SSSR count). The number of anilines is 2. The quantitative estimate of drug-likeness (QED) is 0.762. The Kier molecular flexibility index (Phi) is 5.91. The van der Waals surface area contributed by atoms with Crippen LogP contribution in [0.1, 0.15) is 30.1 Å². The molecule has 0 aliphatic carbocycles.